The van der Waals surface area contributed by atoms with E-state index in [1.807, 2.05) is 10.9 Å². The van der Waals surface area contributed by atoms with Crippen LogP contribution in [0.25, 0.3) is 0 Å². The first-order valence-electron chi connectivity index (χ1n) is 5.70. The number of carbonyl (C=O) groups excluding carboxylic acids is 1. The van der Waals surface area contributed by atoms with Gasteiger partial charge in [-0.05, 0) is 19.3 Å². The van der Waals surface area contributed by atoms with Crippen LogP contribution in [0.2, 0.25) is 0 Å². The lowest BCUT2D eigenvalue weighted by atomic mass is 10.2. The standard InChI is InChI=1S/C10H15N5O/c11-10(16)14-4-3-8(5-14)15-6-9(12-13-15)7-1-2-7/h6-8H,1-5H2,(H2,11,16). The van der Waals surface area contributed by atoms with Gasteiger partial charge in [-0.3, -0.25) is 0 Å². The molecule has 1 aromatic heterocycles. The summed E-state index contributed by atoms with van der Waals surface area (Å²) in [4.78, 5) is 12.7. The van der Waals surface area contributed by atoms with Crippen molar-refractivity contribution in [2.75, 3.05) is 13.1 Å². The van der Waals surface area contributed by atoms with Crippen molar-refractivity contribution in [1.29, 1.82) is 0 Å². The molecule has 1 unspecified atom stereocenters. The number of nitrogens with two attached hydrogens (primary N) is 1. The Hall–Kier alpha value is -1.59. The van der Waals surface area contributed by atoms with Gasteiger partial charge in [0, 0.05) is 25.2 Å². The average molecular weight is 221 g/mol. The molecule has 86 valence electrons. The third-order valence-corrected chi connectivity index (χ3v) is 3.37. The van der Waals surface area contributed by atoms with Crippen molar-refractivity contribution >= 4 is 6.03 Å². The molecule has 1 saturated heterocycles. The lowest BCUT2D eigenvalue weighted by Gasteiger charge is -2.12. The van der Waals surface area contributed by atoms with Crippen LogP contribution >= 0.6 is 0 Å². The van der Waals surface area contributed by atoms with Crippen molar-refractivity contribution in [3.8, 4) is 0 Å². The summed E-state index contributed by atoms with van der Waals surface area (Å²) in [5, 5.41) is 8.31. The van der Waals surface area contributed by atoms with E-state index in [2.05, 4.69) is 10.3 Å². The monoisotopic (exact) mass is 221 g/mol. The third kappa shape index (κ3) is 1.64. The Labute approximate surface area is 93.4 Å². The first-order chi connectivity index (χ1) is 7.74. The molecule has 2 fully saturated rings. The van der Waals surface area contributed by atoms with E-state index >= 15 is 0 Å². The van der Waals surface area contributed by atoms with Crippen molar-refractivity contribution in [2.24, 2.45) is 5.73 Å². The molecule has 0 spiro atoms. The molecule has 6 nitrogen and oxygen atoms in total. The summed E-state index contributed by atoms with van der Waals surface area (Å²) in [7, 11) is 0. The second-order valence-corrected chi connectivity index (χ2v) is 4.62. The number of primary amides is 1. The summed E-state index contributed by atoms with van der Waals surface area (Å²) < 4.78 is 1.89. The van der Waals surface area contributed by atoms with Crippen LogP contribution in [0.1, 0.15) is 36.9 Å². The predicted octanol–water partition coefficient (Wildman–Crippen LogP) is 0.481. The predicted molar refractivity (Wildman–Crippen MR) is 56.8 cm³/mol. The van der Waals surface area contributed by atoms with Gasteiger partial charge in [0.1, 0.15) is 0 Å². The zero-order chi connectivity index (χ0) is 11.1. The molecular weight excluding hydrogens is 206 g/mol. The van der Waals surface area contributed by atoms with Crippen molar-refractivity contribution in [3.63, 3.8) is 0 Å². The first kappa shape index (κ1) is 9.62. The number of hydrogen-bond acceptors (Lipinski definition) is 3. The van der Waals surface area contributed by atoms with E-state index in [0.717, 1.165) is 18.7 Å². The molecule has 1 atom stereocenters. The van der Waals surface area contributed by atoms with Crippen LogP contribution in [-0.4, -0.2) is 39.0 Å². The van der Waals surface area contributed by atoms with Crippen molar-refractivity contribution in [2.45, 2.75) is 31.2 Å². The molecule has 16 heavy (non-hydrogen) atoms. The van der Waals surface area contributed by atoms with Gasteiger partial charge in [-0.1, -0.05) is 5.21 Å². The molecule has 2 heterocycles. The molecule has 1 aromatic rings. The SMILES string of the molecule is NC(=O)N1CCC(n2cc(C3CC3)nn2)C1. The summed E-state index contributed by atoms with van der Waals surface area (Å²) in [5.41, 5.74) is 6.34. The molecule has 1 aliphatic carbocycles. The van der Waals surface area contributed by atoms with Gasteiger partial charge in [-0.15, -0.1) is 5.10 Å². The van der Waals surface area contributed by atoms with Crippen LogP contribution in [0, 0.1) is 0 Å². The molecule has 1 saturated carbocycles. The van der Waals surface area contributed by atoms with E-state index in [1.54, 1.807) is 4.90 Å². The molecule has 3 rings (SSSR count). The number of urea groups is 1. The maximum absolute atomic E-state index is 11.0. The number of nitrogens with zero attached hydrogens (tertiary/aromatic N) is 4. The van der Waals surface area contributed by atoms with Gasteiger partial charge >= 0.3 is 6.03 Å². The molecule has 2 N–H and O–H groups in total. The van der Waals surface area contributed by atoms with E-state index in [1.165, 1.54) is 12.8 Å². The van der Waals surface area contributed by atoms with Crippen LogP contribution in [0.4, 0.5) is 4.79 Å². The van der Waals surface area contributed by atoms with Gasteiger partial charge in [-0.2, -0.15) is 0 Å². The highest BCUT2D eigenvalue weighted by molar-refractivity contribution is 5.72. The Morgan fingerprint density at radius 1 is 1.44 bits per heavy atom. The highest BCUT2D eigenvalue weighted by Gasteiger charge is 2.30. The fourth-order valence-electron chi connectivity index (χ4n) is 2.19. The first-order valence-corrected chi connectivity index (χ1v) is 5.70. The van der Waals surface area contributed by atoms with Gasteiger partial charge in [0.25, 0.3) is 0 Å². The highest BCUT2D eigenvalue weighted by Crippen LogP contribution is 2.39. The number of carbonyl (C=O) groups is 1. The Kier molecular flexibility index (Phi) is 2.08. The molecule has 0 aromatic carbocycles. The normalized spacial score (nSPS) is 25.0. The van der Waals surface area contributed by atoms with Gasteiger partial charge < -0.3 is 10.6 Å². The minimum Gasteiger partial charge on any atom is -0.351 e. The fraction of sp³-hybridized carbons (Fsp3) is 0.700. The Bertz CT molecular complexity index is 411. The number of hydrogen-bond donors (Lipinski definition) is 1. The molecular formula is C10H15N5O. The van der Waals surface area contributed by atoms with Crippen LogP contribution in [0.3, 0.4) is 0 Å². The van der Waals surface area contributed by atoms with Crippen LogP contribution in [-0.2, 0) is 0 Å². The van der Waals surface area contributed by atoms with Gasteiger partial charge in [-0.25, -0.2) is 9.48 Å². The molecule has 0 bridgehead atoms. The number of rotatable bonds is 2. The van der Waals surface area contributed by atoms with Crippen LogP contribution in [0.5, 0.6) is 0 Å². The zero-order valence-corrected chi connectivity index (χ0v) is 9.04. The lowest BCUT2D eigenvalue weighted by Crippen LogP contribution is -2.33. The second-order valence-electron chi connectivity index (χ2n) is 4.62. The molecule has 6 heteroatoms. The minimum absolute atomic E-state index is 0.243. The fourth-order valence-corrected chi connectivity index (χ4v) is 2.19. The topological polar surface area (TPSA) is 77.0 Å². The van der Waals surface area contributed by atoms with Crippen LogP contribution < -0.4 is 5.73 Å². The lowest BCUT2D eigenvalue weighted by molar-refractivity contribution is 0.216. The summed E-state index contributed by atoms with van der Waals surface area (Å²) >= 11 is 0. The van der Waals surface area contributed by atoms with E-state index in [-0.39, 0.29) is 12.1 Å². The largest absolute Gasteiger partial charge is 0.351 e. The molecule has 2 aliphatic rings. The molecule has 0 radical (unpaired) electrons. The Morgan fingerprint density at radius 2 is 2.25 bits per heavy atom. The number of amides is 2. The molecule has 2 amide bonds. The summed E-state index contributed by atoms with van der Waals surface area (Å²) in [6.45, 7) is 1.38. The van der Waals surface area contributed by atoms with Crippen molar-refractivity contribution in [1.82, 2.24) is 19.9 Å². The van der Waals surface area contributed by atoms with Crippen LogP contribution in [0.15, 0.2) is 6.20 Å². The maximum Gasteiger partial charge on any atom is 0.314 e. The van der Waals surface area contributed by atoms with Gasteiger partial charge in [0.15, 0.2) is 0 Å². The zero-order valence-electron chi connectivity index (χ0n) is 9.04. The summed E-state index contributed by atoms with van der Waals surface area (Å²) in [6, 6.07) is -0.0995. The maximum atomic E-state index is 11.0. The summed E-state index contributed by atoms with van der Waals surface area (Å²) in [6.07, 6.45) is 5.40. The third-order valence-electron chi connectivity index (χ3n) is 3.37. The highest BCUT2D eigenvalue weighted by atomic mass is 16.2. The van der Waals surface area contributed by atoms with E-state index in [4.69, 9.17) is 5.73 Å². The Morgan fingerprint density at radius 3 is 2.88 bits per heavy atom. The number of likely N-dealkylation sites (tertiary alicyclic amines) is 1. The van der Waals surface area contributed by atoms with E-state index < -0.39 is 0 Å². The average Bonchev–Trinajstić information content (AvgIpc) is 2.83. The van der Waals surface area contributed by atoms with Gasteiger partial charge in [0.2, 0.25) is 0 Å². The molecule has 1 aliphatic heterocycles. The van der Waals surface area contributed by atoms with Crippen molar-refractivity contribution < 1.29 is 4.79 Å². The van der Waals surface area contributed by atoms with E-state index in [0.29, 0.717) is 12.5 Å². The van der Waals surface area contributed by atoms with Gasteiger partial charge in [0.05, 0.1) is 11.7 Å². The number of aromatic nitrogens is 3. The smallest absolute Gasteiger partial charge is 0.314 e. The minimum atomic E-state index is -0.343. The second kappa shape index (κ2) is 3.47. The Balaban J connectivity index is 1.70. The van der Waals surface area contributed by atoms with E-state index in [9.17, 15) is 4.79 Å². The quantitative estimate of drug-likeness (QED) is 0.789. The van der Waals surface area contributed by atoms with Crippen molar-refractivity contribution in [3.05, 3.63) is 11.9 Å². The summed E-state index contributed by atoms with van der Waals surface area (Å²) in [5.74, 6) is 0.627.